The maximum Gasteiger partial charge on any atom is 0.226 e. The maximum absolute atomic E-state index is 12.8. The monoisotopic (exact) mass is 291 g/mol. The summed E-state index contributed by atoms with van der Waals surface area (Å²) in [5.41, 5.74) is 0. The molecule has 0 amide bonds. The molecule has 0 aliphatic carbocycles. The van der Waals surface area contributed by atoms with Crippen LogP contribution >= 0.6 is 0 Å². The largest absolute Gasteiger partial charge is 0.439 e. The van der Waals surface area contributed by atoms with Gasteiger partial charge in [0.1, 0.15) is 11.6 Å². The van der Waals surface area contributed by atoms with Gasteiger partial charge in [-0.3, -0.25) is 0 Å². The average Bonchev–Trinajstić information content (AvgIpc) is 2.49. The van der Waals surface area contributed by atoms with Crippen molar-refractivity contribution in [3.8, 4) is 11.6 Å². The van der Waals surface area contributed by atoms with Crippen molar-refractivity contribution in [3.05, 3.63) is 42.3 Å². The summed E-state index contributed by atoms with van der Waals surface area (Å²) < 4.78 is 18.4. The fourth-order valence-corrected chi connectivity index (χ4v) is 1.81. The summed E-state index contributed by atoms with van der Waals surface area (Å²) >= 11 is 0. The van der Waals surface area contributed by atoms with Crippen molar-refractivity contribution in [2.45, 2.75) is 25.8 Å². The Kier molecular flexibility index (Phi) is 5.45. The summed E-state index contributed by atoms with van der Waals surface area (Å²) in [6.45, 7) is 2.13. The van der Waals surface area contributed by atoms with E-state index >= 15 is 0 Å². The lowest BCUT2D eigenvalue weighted by Crippen LogP contribution is -2.21. The van der Waals surface area contributed by atoms with Gasteiger partial charge in [0.25, 0.3) is 0 Å². The van der Waals surface area contributed by atoms with Crippen molar-refractivity contribution in [2.75, 3.05) is 11.9 Å². The summed E-state index contributed by atoms with van der Waals surface area (Å²) in [6.07, 6.45) is 3.07. The Morgan fingerprint density at radius 3 is 2.71 bits per heavy atom. The van der Waals surface area contributed by atoms with Crippen LogP contribution in [0.2, 0.25) is 0 Å². The zero-order chi connectivity index (χ0) is 15.1. The average molecular weight is 291 g/mol. The van der Waals surface area contributed by atoms with Crippen LogP contribution in [0.15, 0.2) is 36.5 Å². The lowest BCUT2D eigenvalue weighted by atomic mass is 10.2. The fourth-order valence-electron chi connectivity index (χ4n) is 1.81. The van der Waals surface area contributed by atoms with E-state index < -0.39 is 0 Å². The minimum atomic E-state index is -0.317. The second-order valence-corrected chi connectivity index (χ2v) is 4.54. The predicted molar refractivity (Wildman–Crippen MR) is 77.9 cm³/mol. The number of benzene rings is 1. The fraction of sp³-hybridized carbons (Fsp3) is 0.333. The molecule has 0 saturated heterocycles. The van der Waals surface area contributed by atoms with Crippen LogP contribution in [0.25, 0.3) is 0 Å². The molecule has 2 rings (SSSR count). The first-order valence-corrected chi connectivity index (χ1v) is 6.85. The third-order valence-electron chi connectivity index (χ3n) is 2.97. The Labute approximate surface area is 122 Å². The first-order chi connectivity index (χ1) is 10.2. The van der Waals surface area contributed by atoms with Gasteiger partial charge in [0.2, 0.25) is 11.8 Å². The van der Waals surface area contributed by atoms with E-state index in [1.165, 1.54) is 24.3 Å². The van der Waals surface area contributed by atoms with Crippen LogP contribution in [0.4, 0.5) is 10.3 Å². The molecular weight excluding hydrogens is 273 g/mol. The molecular formula is C15H18FN3O2. The Morgan fingerprint density at radius 2 is 2.05 bits per heavy atom. The first-order valence-electron chi connectivity index (χ1n) is 6.85. The van der Waals surface area contributed by atoms with Crippen molar-refractivity contribution < 1.29 is 14.2 Å². The Bertz CT molecular complexity index is 563. The van der Waals surface area contributed by atoms with Crippen molar-refractivity contribution in [3.63, 3.8) is 0 Å². The van der Waals surface area contributed by atoms with Gasteiger partial charge in [0.15, 0.2) is 0 Å². The third kappa shape index (κ3) is 4.68. The second kappa shape index (κ2) is 7.54. The van der Waals surface area contributed by atoms with Crippen LogP contribution in [-0.2, 0) is 0 Å². The molecule has 1 aromatic carbocycles. The van der Waals surface area contributed by atoms with E-state index in [2.05, 4.69) is 15.3 Å². The molecule has 0 spiro atoms. The van der Waals surface area contributed by atoms with Crippen LogP contribution < -0.4 is 10.1 Å². The molecule has 0 bridgehead atoms. The van der Waals surface area contributed by atoms with Gasteiger partial charge in [0, 0.05) is 24.9 Å². The van der Waals surface area contributed by atoms with Crippen LogP contribution in [0, 0.1) is 5.82 Å². The molecule has 0 aliphatic heterocycles. The summed E-state index contributed by atoms with van der Waals surface area (Å²) in [5, 5.41) is 12.1. The molecule has 1 heterocycles. The van der Waals surface area contributed by atoms with E-state index in [9.17, 15) is 4.39 Å². The minimum Gasteiger partial charge on any atom is -0.439 e. The molecule has 2 N–H and O–H groups in total. The maximum atomic E-state index is 12.8. The van der Waals surface area contributed by atoms with Gasteiger partial charge in [-0.05, 0) is 37.1 Å². The van der Waals surface area contributed by atoms with Gasteiger partial charge in [-0.2, -0.15) is 4.98 Å². The number of aliphatic hydroxyl groups excluding tert-OH is 1. The SMILES string of the molecule is CCC(CCO)Nc1nccc(Oc2ccc(F)cc2)n1. The highest BCUT2D eigenvalue weighted by Gasteiger charge is 2.08. The van der Waals surface area contributed by atoms with E-state index in [0.717, 1.165) is 6.42 Å². The van der Waals surface area contributed by atoms with Gasteiger partial charge in [-0.25, -0.2) is 9.37 Å². The Hall–Kier alpha value is -2.21. The van der Waals surface area contributed by atoms with Crippen LogP contribution in [0.5, 0.6) is 11.6 Å². The second-order valence-electron chi connectivity index (χ2n) is 4.54. The summed E-state index contributed by atoms with van der Waals surface area (Å²) in [5.74, 6) is 0.999. The molecule has 6 heteroatoms. The van der Waals surface area contributed by atoms with Gasteiger partial charge in [0.05, 0.1) is 0 Å². The number of anilines is 1. The number of aromatic nitrogens is 2. The van der Waals surface area contributed by atoms with Crippen LogP contribution in [0.3, 0.4) is 0 Å². The molecule has 5 nitrogen and oxygen atoms in total. The van der Waals surface area contributed by atoms with Crippen molar-refractivity contribution in [1.82, 2.24) is 9.97 Å². The molecule has 0 fully saturated rings. The van der Waals surface area contributed by atoms with E-state index in [1.807, 2.05) is 6.92 Å². The van der Waals surface area contributed by atoms with Gasteiger partial charge in [-0.1, -0.05) is 6.92 Å². The molecule has 112 valence electrons. The number of nitrogens with zero attached hydrogens (tertiary/aromatic N) is 2. The number of rotatable bonds is 7. The van der Waals surface area contributed by atoms with E-state index in [-0.39, 0.29) is 18.5 Å². The smallest absolute Gasteiger partial charge is 0.226 e. The summed E-state index contributed by atoms with van der Waals surface area (Å²) in [4.78, 5) is 8.36. The third-order valence-corrected chi connectivity index (χ3v) is 2.97. The number of hydrogen-bond acceptors (Lipinski definition) is 5. The molecule has 0 radical (unpaired) electrons. The van der Waals surface area contributed by atoms with Crippen LogP contribution in [-0.4, -0.2) is 27.7 Å². The number of nitrogens with one attached hydrogen (secondary N) is 1. The molecule has 1 aromatic heterocycles. The zero-order valence-electron chi connectivity index (χ0n) is 11.8. The highest BCUT2D eigenvalue weighted by molar-refractivity contribution is 5.32. The van der Waals surface area contributed by atoms with Crippen molar-refractivity contribution >= 4 is 5.95 Å². The molecule has 1 atom stereocenters. The summed E-state index contributed by atoms with van der Waals surface area (Å²) in [7, 11) is 0. The van der Waals surface area contributed by atoms with Gasteiger partial charge >= 0.3 is 0 Å². The first kappa shape index (κ1) is 15.2. The molecule has 0 aliphatic rings. The highest BCUT2D eigenvalue weighted by atomic mass is 19.1. The van der Waals surface area contributed by atoms with E-state index in [4.69, 9.17) is 9.84 Å². The highest BCUT2D eigenvalue weighted by Crippen LogP contribution is 2.20. The standard InChI is InChI=1S/C15H18FN3O2/c1-2-12(8-10-20)18-15-17-9-7-14(19-15)21-13-5-3-11(16)4-6-13/h3-7,9,12,20H,2,8,10H2,1H3,(H,17,18,19). The molecule has 2 aromatic rings. The quantitative estimate of drug-likeness (QED) is 0.821. The number of aliphatic hydroxyl groups is 1. The van der Waals surface area contributed by atoms with E-state index in [1.54, 1.807) is 12.3 Å². The van der Waals surface area contributed by atoms with E-state index in [0.29, 0.717) is 24.0 Å². The molecule has 1 unspecified atom stereocenters. The zero-order valence-corrected chi connectivity index (χ0v) is 11.8. The van der Waals surface area contributed by atoms with Gasteiger partial charge < -0.3 is 15.2 Å². The molecule has 0 saturated carbocycles. The minimum absolute atomic E-state index is 0.107. The Morgan fingerprint density at radius 1 is 1.29 bits per heavy atom. The molecule has 21 heavy (non-hydrogen) atoms. The lowest BCUT2D eigenvalue weighted by Gasteiger charge is -2.15. The topological polar surface area (TPSA) is 67.3 Å². The number of hydrogen-bond donors (Lipinski definition) is 2. The van der Waals surface area contributed by atoms with Crippen LogP contribution in [0.1, 0.15) is 19.8 Å². The van der Waals surface area contributed by atoms with Gasteiger partial charge in [-0.15, -0.1) is 0 Å². The van der Waals surface area contributed by atoms with Crippen molar-refractivity contribution in [2.24, 2.45) is 0 Å². The Balaban J connectivity index is 2.04. The number of ether oxygens (including phenoxy) is 1. The normalized spacial score (nSPS) is 12.0. The van der Waals surface area contributed by atoms with Crippen molar-refractivity contribution in [1.29, 1.82) is 0 Å². The number of halogens is 1. The predicted octanol–water partition coefficient (Wildman–Crippen LogP) is 2.98. The lowest BCUT2D eigenvalue weighted by molar-refractivity contribution is 0.278. The summed E-state index contributed by atoms with van der Waals surface area (Å²) in [6, 6.07) is 7.45.